The molecule has 0 aliphatic heterocycles. The van der Waals surface area contributed by atoms with E-state index < -0.39 is 10.5 Å². The van der Waals surface area contributed by atoms with E-state index in [1.165, 1.54) is 12.1 Å². The molecule has 1 aliphatic carbocycles. The van der Waals surface area contributed by atoms with Crippen molar-refractivity contribution in [2.75, 3.05) is 13.6 Å². The summed E-state index contributed by atoms with van der Waals surface area (Å²) in [5, 5.41) is 20.9. The Balaban J connectivity index is 1.91. The number of likely N-dealkylation sites (N-methyl/N-ethyl adjacent to an activating group) is 1. The molecule has 0 bridgehead atoms. The molecule has 0 saturated heterocycles. The third kappa shape index (κ3) is 3.75. The van der Waals surface area contributed by atoms with Gasteiger partial charge in [0.2, 0.25) is 0 Å². The van der Waals surface area contributed by atoms with Crippen molar-refractivity contribution in [2.45, 2.75) is 37.8 Å². The molecule has 0 unspecified atom stereocenters. The molecule has 0 aromatic heterocycles. The molecular weight excluding hydrogens is 244 g/mol. The van der Waals surface area contributed by atoms with Crippen LogP contribution in [0.5, 0.6) is 0 Å². The topological polar surface area (TPSA) is 66.6 Å². The molecule has 2 rings (SSSR count). The second-order valence-corrected chi connectivity index (χ2v) is 5.53. The third-order valence-corrected chi connectivity index (χ3v) is 3.70. The van der Waals surface area contributed by atoms with Crippen molar-refractivity contribution in [3.63, 3.8) is 0 Å². The lowest BCUT2D eigenvalue weighted by atomic mass is 10.0. The molecule has 19 heavy (non-hydrogen) atoms. The summed E-state index contributed by atoms with van der Waals surface area (Å²) >= 11 is 0. The van der Waals surface area contributed by atoms with Gasteiger partial charge < -0.3 is 5.11 Å². The molecule has 1 saturated carbocycles. The standard InChI is InChI=1S/C14H20N2O3/c1-15(11-14(17)8-2-3-9-14)10-12-4-6-13(7-5-12)16(18)19/h4-7,17H,2-3,8-11H2,1H3. The number of benzene rings is 1. The Labute approximate surface area is 113 Å². The Morgan fingerprint density at radius 1 is 1.32 bits per heavy atom. The van der Waals surface area contributed by atoms with E-state index in [9.17, 15) is 15.2 Å². The first-order valence-electron chi connectivity index (χ1n) is 6.63. The highest BCUT2D eigenvalue weighted by atomic mass is 16.6. The zero-order valence-electron chi connectivity index (χ0n) is 11.2. The SMILES string of the molecule is CN(Cc1ccc([N+](=O)[O-])cc1)CC1(O)CCCC1. The summed E-state index contributed by atoms with van der Waals surface area (Å²) in [6.07, 6.45) is 3.94. The van der Waals surface area contributed by atoms with Crippen LogP contribution in [-0.2, 0) is 6.54 Å². The highest BCUT2D eigenvalue weighted by molar-refractivity contribution is 5.32. The first-order chi connectivity index (χ1) is 8.98. The maximum atomic E-state index is 10.6. The van der Waals surface area contributed by atoms with Crippen LogP contribution in [0.1, 0.15) is 31.2 Å². The van der Waals surface area contributed by atoms with Gasteiger partial charge in [0.15, 0.2) is 0 Å². The summed E-state index contributed by atoms with van der Waals surface area (Å²) in [5.74, 6) is 0. The van der Waals surface area contributed by atoms with Crippen molar-refractivity contribution >= 4 is 5.69 Å². The highest BCUT2D eigenvalue weighted by Crippen LogP contribution is 2.30. The lowest BCUT2D eigenvalue weighted by Gasteiger charge is -2.28. The van der Waals surface area contributed by atoms with E-state index in [4.69, 9.17) is 0 Å². The minimum atomic E-state index is -0.546. The van der Waals surface area contributed by atoms with Crippen LogP contribution in [0.25, 0.3) is 0 Å². The van der Waals surface area contributed by atoms with Gasteiger partial charge in [-0.15, -0.1) is 0 Å². The molecule has 0 spiro atoms. The summed E-state index contributed by atoms with van der Waals surface area (Å²) < 4.78 is 0. The molecule has 1 N–H and O–H groups in total. The molecule has 0 amide bonds. The number of nitro benzene ring substituents is 1. The second-order valence-electron chi connectivity index (χ2n) is 5.53. The van der Waals surface area contributed by atoms with E-state index in [-0.39, 0.29) is 5.69 Å². The van der Waals surface area contributed by atoms with Crippen LogP contribution in [0, 0.1) is 10.1 Å². The van der Waals surface area contributed by atoms with Gasteiger partial charge in [0.25, 0.3) is 5.69 Å². The average Bonchev–Trinajstić information content (AvgIpc) is 2.76. The Hall–Kier alpha value is -1.46. The summed E-state index contributed by atoms with van der Waals surface area (Å²) in [6.45, 7) is 1.35. The van der Waals surface area contributed by atoms with Crippen LogP contribution in [0.15, 0.2) is 24.3 Å². The Morgan fingerprint density at radius 2 is 1.89 bits per heavy atom. The fourth-order valence-corrected chi connectivity index (χ4v) is 2.78. The molecule has 5 nitrogen and oxygen atoms in total. The number of non-ortho nitro benzene ring substituents is 1. The summed E-state index contributed by atoms with van der Waals surface area (Å²) in [5.41, 5.74) is 0.589. The van der Waals surface area contributed by atoms with Crippen molar-refractivity contribution in [2.24, 2.45) is 0 Å². The van der Waals surface area contributed by atoms with E-state index in [1.807, 2.05) is 7.05 Å². The molecule has 1 fully saturated rings. The lowest BCUT2D eigenvalue weighted by molar-refractivity contribution is -0.384. The molecule has 1 aromatic rings. The normalized spacial score (nSPS) is 17.8. The van der Waals surface area contributed by atoms with Gasteiger partial charge >= 0.3 is 0 Å². The summed E-state index contributed by atoms with van der Waals surface area (Å²) in [7, 11) is 1.97. The number of hydrogen-bond donors (Lipinski definition) is 1. The smallest absolute Gasteiger partial charge is 0.269 e. The van der Waals surface area contributed by atoms with Crippen molar-refractivity contribution in [3.8, 4) is 0 Å². The van der Waals surface area contributed by atoms with Crippen LogP contribution < -0.4 is 0 Å². The molecule has 0 atom stereocenters. The highest BCUT2D eigenvalue weighted by Gasteiger charge is 2.32. The maximum absolute atomic E-state index is 10.6. The maximum Gasteiger partial charge on any atom is 0.269 e. The van der Waals surface area contributed by atoms with Gasteiger partial charge in [0.1, 0.15) is 0 Å². The molecular formula is C14H20N2O3. The minimum Gasteiger partial charge on any atom is -0.389 e. The van der Waals surface area contributed by atoms with E-state index in [1.54, 1.807) is 12.1 Å². The van der Waals surface area contributed by atoms with Crippen LogP contribution in [0.2, 0.25) is 0 Å². The molecule has 0 heterocycles. The number of hydrogen-bond acceptors (Lipinski definition) is 4. The molecule has 104 valence electrons. The molecule has 1 aliphatic rings. The Kier molecular flexibility index (Phi) is 4.17. The monoisotopic (exact) mass is 264 g/mol. The predicted molar refractivity (Wildman–Crippen MR) is 72.8 cm³/mol. The van der Waals surface area contributed by atoms with Crippen LogP contribution in [-0.4, -0.2) is 34.1 Å². The van der Waals surface area contributed by atoms with Gasteiger partial charge in [-0.3, -0.25) is 15.0 Å². The van der Waals surface area contributed by atoms with Crippen LogP contribution in [0.3, 0.4) is 0 Å². The molecule has 0 radical (unpaired) electrons. The van der Waals surface area contributed by atoms with Gasteiger partial charge in [0, 0.05) is 25.2 Å². The minimum absolute atomic E-state index is 0.112. The van der Waals surface area contributed by atoms with E-state index in [0.29, 0.717) is 13.1 Å². The fourth-order valence-electron chi connectivity index (χ4n) is 2.78. The van der Waals surface area contributed by atoms with Crippen molar-refractivity contribution in [3.05, 3.63) is 39.9 Å². The van der Waals surface area contributed by atoms with E-state index in [2.05, 4.69) is 4.90 Å². The third-order valence-electron chi connectivity index (χ3n) is 3.70. The van der Waals surface area contributed by atoms with Crippen molar-refractivity contribution in [1.82, 2.24) is 4.90 Å². The second kappa shape index (κ2) is 5.67. The molecule has 1 aromatic carbocycles. The number of aliphatic hydroxyl groups is 1. The zero-order chi connectivity index (χ0) is 13.9. The zero-order valence-corrected chi connectivity index (χ0v) is 11.2. The van der Waals surface area contributed by atoms with Crippen LogP contribution in [0.4, 0.5) is 5.69 Å². The first-order valence-corrected chi connectivity index (χ1v) is 6.63. The van der Waals surface area contributed by atoms with Gasteiger partial charge in [0.05, 0.1) is 10.5 Å². The van der Waals surface area contributed by atoms with Gasteiger partial charge in [-0.2, -0.15) is 0 Å². The van der Waals surface area contributed by atoms with Gasteiger partial charge in [-0.05, 0) is 25.5 Å². The average molecular weight is 264 g/mol. The quantitative estimate of drug-likeness (QED) is 0.654. The largest absolute Gasteiger partial charge is 0.389 e. The first kappa shape index (κ1) is 14.0. The number of nitrogens with zero attached hydrogens (tertiary/aromatic N) is 2. The summed E-state index contributed by atoms with van der Waals surface area (Å²) in [4.78, 5) is 12.3. The Morgan fingerprint density at radius 3 is 2.42 bits per heavy atom. The van der Waals surface area contributed by atoms with E-state index >= 15 is 0 Å². The number of rotatable bonds is 5. The lowest BCUT2D eigenvalue weighted by Crippen LogP contribution is -2.38. The van der Waals surface area contributed by atoms with Crippen molar-refractivity contribution < 1.29 is 10.0 Å². The van der Waals surface area contributed by atoms with Gasteiger partial charge in [-0.1, -0.05) is 25.0 Å². The fraction of sp³-hybridized carbons (Fsp3) is 0.571. The number of nitro groups is 1. The summed E-state index contributed by atoms with van der Waals surface area (Å²) in [6, 6.07) is 6.58. The van der Waals surface area contributed by atoms with Crippen LogP contribution >= 0.6 is 0 Å². The van der Waals surface area contributed by atoms with E-state index in [0.717, 1.165) is 31.2 Å². The molecule has 5 heteroatoms. The predicted octanol–water partition coefficient (Wildman–Crippen LogP) is 2.33. The van der Waals surface area contributed by atoms with Crippen molar-refractivity contribution in [1.29, 1.82) is 0 Å². The van der Waals surface area contributed by atoms with Gasteiger partial charge in [-0.25, -0.2) is 0 Å². The Bertz CT molecular complexity index is 439.